The monoisotopic (exact) mass is 170 g/mol. The van der Waals surface area contributed by atoms with Crippen molar-refractivity contribution in [1.29, 1.82) is 0 Å². The lowest BCUT2D eigenvalue weighted by atomic mass is 10.2. The molecule has 1 saturated carbocycles. The minimum Gasteiger partial charge on any atom is -0.465 e. The SMILES string of the molecule is CC(C)COC(=O)C1CC1C=O. The van der Waals surface area contributed by atoms with Gasteiger partial charge in [-0.25, -0.2) is 0 Å². The molecular weight excluding hydrogens is 156 g/mol. The van der Waals surface area contributed by atoms with Gasteiger partial charge in [0, 0.05) is 5.92 Å². The van der Waals surface area contributed by atoms with E-state index >= 15 is 0 Å². The number of hydrogen-bond donors (Lipinski definition) is 0. The lowest BCUT2D eigenvalue weighted by Gasteiger charge is -2.05. The maximum atomic E-state index is 11.1. The topological polar surface area (TPSA) is 43.4 Å². The summed E-state index contributed by atoms with van der Waals surface area (Å²) in [6.07, 6.45) is 1.52. The third-order valence-electron chi connectivity index (χ3n) is 1.88. The van der Waals surface area contributed by atoms with E-state index in [1.807, 2.05) is 13.8 Å². The number of ether oxygens (including phenoxy) is 1. The molecule has 1 fully saturated rings. The van der Waals surface area contributed by atoms with Crippen LogP contribution in [0.1, 0.15) is 20.3 Å². The minimum atomic E-state index is -0.208. The van der Waals surface area contributed by atoms with Gasteiger partial charge < -0.3 is 9.53 Å². The van der Waals surface area contributed by atoms with Gasteiger partial charge in [-0.2, -0.15) is 0 Å². The molecule has 0 spiro atoms. The number of rotatable bonds is 4. The fraction of sp³-hybridized carbons (Fsp3) is 0.778. The molecular formula is C9H14O3. The molecule has 3 nitrogen and oxygen atoms in total. The Hall–Kier alpha value is -0.860. The smallest absolute Gasteiger partial charge is 0.309 e. The van der Waals surface area contributed by atoms with Crippen molar-refractivity contribution in [3.8, 4) is 0 Å². The van der Waals surface area contributed by atoms with Gasteiger partial charge in [0.2, 0.25) is 0 Å². The number of carbonyl (C=O) groups excluding carboxylic acids is 2. The Labute approximate surface area is 72.1 Å². The summed E-state index contributed by atoms with van der Waals surface area (Å²) in [6, 6.07) is 0. The van der Waals surface area contributed by atoms with Gasteiger partial charge in [0.25, 0.3) is 0 Å². The molecule has 3 heteroatoms. The van der Waals surface area contributed by atoms with Crippen LogP contribution in [0.2, 0.25) is 0 Å². The van der Waals surface area contributed by atoms with Crippen molar-refractivity contribution in [2.24, 2.45) is 17.8 Å². The van der Waals surface area contributed by atoms with E-state index in [0.717, 1.165) is 6.29 Å². The molecule has 0 aliphatic heterocycles. The van der Waals surface area contributed by atoms with Gasteiger partial charge in [-0.15, -0.1) is 0 Å². The summed E-state index contributed by atoms with van der Waals surface area (Å²) in [6.45, 7) is 4.43. The Morgan fingerprint density at radius 3 is 2.75 bits per heavy atom. The van der Waals surface area contributed by atoms with E-state index in [9.17, 15) is 9.59 Å². The van der Waals surface area contributed by atoms with Gasteiger partial charge in [0.15, 0.2) is 0 Å². The Kier molecular flexibility index (Phi) is 2.84. The minimum absolute atomic E-state index is 0.0651. The van der Waals surface area contributed by atoms with Gasteiger partial charge in [-0.05, 0) is 12.3 Å². The van der Waals surface area contributed by atoms with Crippen molar-refractivity contribution in [2.75, 3.05) is 6.61 Å². The first-order valence-corrected chi connectivity index (χ1v) is 4.27. The summed E-state index contributed by atoms with van der Waals surface area (Å²) in [5, 5.41) is 0. The van der Waals surface area contributed by atoms with E-state index in [-0.39, 0.29) is 17.8 Å². The van der Waals surface area contributed by atoms with E-state index in [1.54, 1.807) is 0 Å². The normalized spacial score (nSPS) is 26.9. The van der Waals surface area contributed by atoms with E-state index < -0.39 is 0 Å². The van der Waals surface area contributed by atoms with E-state index in [2.05, 4.69) is 0 Å². The summed E-state index contributed by atoms with van der Waals surface area (Å²) in [7, 11) is 0. The molecule has 0 radical (unpaired) electrons. The maximum absolute atomic E-state index is 11.1. The van der Waals surface area contributed by atoms with Crippen LogP contribution in [0.3, 0.4) is 0 Å². The van der Waals surface area contributed by atoms with Crippen molar-refractivity contribution in [3.63, 3.8) is 0 Å². The zero-order chi connectivity index (χ0) is 9.14. The second-order valence-corrected chi connectivity index (χ2v) is 3.67. The molecule has 0 N–H and O–H groups in total. The quantitative estimate of drug-likeness (QED) is 0.467. The van der Waals surface area contributed by atoms with Crippen molar-refractivity contribution in [2.45, 2.75) is 20.3 Å². The fourth-order valence-electron chi connectivity index (χ4n) is 0.992. The van der Waals surface area contributed by atoms with Gasteiger partial charge in [-0.3, -0.25) is 4.79 Å². The van der Waals surface area contributed by atoms with Gasteiger partial charge in [-0.1, -0.05) is 13.8 Å². The molecule has 0 heterocycles. The molecule has 0 aromatic carbocycles. The molecule has 1 rings (SSSR count). The molecule has 0 amide bonds. The predicted octanol–water partition coefficient (Wildman–Crippen LogP) is 1.02. The highest BCUT2D eigenvalue weighted by Gasteiger charge is 2.44. The van der Waals surface area contributed by atoms with Gasteiger partial charge in [0.05, 0.1) is 12.5 Å². The van der Waals surface area contributed by atoms with Crippen molar-refractivity contribution in [1.82, 2.24) is 0 Å². The molecule has 0 saturated heterocycles. The van der Waals surface area contributed by atoms with Crippen LogP contribution in [0.5, 0.6) is 0 Å². The second-order valence-electron chi connectivity index (χ2n) is 3.67. The lowest BCUT2D eigenvalue weighted by molar-refractivity contribution is -0.147. The molecule has 1 aliphatic carbocycles. The highest BCUT2D eigenvalue weighted by atomic mass is 16.5. The van der Waals surface area contributed by atoms with Crippen molar-refractivity contribution in [3.05, 3.63) is 0 Å². The average Bonchev–Trinajstić information content (AvgIpc) is 2.78. The first kappa shape index (κ1) is 9.23. The molecule has 0 aromatic rings. The summed E-state index contributed by atoms with van der Waals surface area (Å²) in [5.74, 6) is -0.0471. The lowest BCUT2D eigenvalue weighted by Crippen LogP contribution is -2.12. The number of hydrogen-bond acceptors (Lipinski definition) is 3. The highest BCUT2D eigenvalue weighted by molar-refractivity contribution is 5.81. The number of aldehydes is 1. The van der Waals surface area contributed by atoms with E-state index in [0.29, 0.717) is 18.9 Å². The number of carbonyl (C=O) groups is 2. The highest BCUT2D eigenvalue weighted by Crippen LogP contribution is 2.37. The standard InChI is InChI=1S/C9H14O3/c1-6(2)5-12-9(11)8-3-7(8)4-10/h4,6-8H,3,5H2,1-2H3. The van der Waals surface area contributed by atoms with Gasteiger partial charge >= 0.3 is 5.97 Å². The average molecular weight is 170 g/mol. The van der Waals surface area contributed by atoms with Crippen LogP contribution in [0.15, 0.2) is 0 Å². The van der Waals surface area contributed by atoms with Crippen LogP contribution in [0.4, 0.5) is 0 Å². The third-order valence-corrected chi connectivity index (χ3v) is 1.88. The third kappa shape index (κ3) is 2.32. The van der Waals surface area contributed by atoms with Crippen LogP contribution >= 0.6 is 0 Å². The largest absolute Gasteiger partial charge is 0.465 e. The molecule has 2 atom stereocenters. The first-order valence-electron chi connectivity index (χ1n) is 4.27. The van der Waals surface area contributed by atoms with Crippen LogP contribution < -0.4 is 0 Å². The van der Waals surface area contributed by atoms with E-state index in [4.69, 9.17) is 4.74 Å². The second kappa shape index (κ2) is 3.70. The molecule has 2 unspecified atom stereocenters. The van der Waals surface area contributed by atoms with Crippen LogP contribution in [0, 0.1) is 17.8 Å². The Bertz CT molecular complexity index is 186. The Morgan fingerprint density at radius 2 is 2.33 bits per heavy atom. The summed E-state index contributed by atoms with van der Waals surface area (Å²) >= 11 is 0. The maximum Gasteiger partial charge on any atom is 0.309 e. The van der Waals surface area contributed by atoms with Crippen LogP contribution in [0.25, 0.3) is 0 Å². The molecule has 12 heavy (non-hydrogen) atoms. The zero-order valence-corrected chi connectivity index (χ0v) is 7.45. The Morgan fingerprint density at radius 1 is 1.67 bits per heavy atom. The van der Waals surface area contributed by atoms with Crippen LogP contribution in [-0.4, -0.2) is 18.9 Å². The predicted molar refractivity (Wildman–Crippen MR) is 43.5 cm³/mol. The molecule has 68 valence electrons. The summed E-state index contributed by atoms with van der Waals surface area (Å²) < 4.78 is 4.96. The fourth-order valence-corrected chi connectivity index (χ4v) is 0.992. The van der Waals surface area contributed by atoms with Gasteiger partial charge in [0.1, 0.15) is 6.29 Å². The zero-order valence-electron chi connectivity index (χ0n) is 7.45. The summed E-state index contributed by atoms with van der Waals surface area (Å²) in [5.41, 5.74) is 0. The molecule has 0 aromatic heterocycles. The first-order chi connectivity index (χ1) is 5.65. The van der Waals surface area contributed by atoms with Crippen molar-refractivity contribution >= 4 is 12.3 Å². The van der Waals surface area contributed by atoms with Crippen molar-refractivity contribution < 1.29 is 14.3 Å². The summed E-state index contributed by atoms with van der Waals surface area (Å²) in [4.78, 5) is 21.3. The van der Waals surface area contributed by atoms with Crippen LogP contribution in [-0.2, 0) is 14.3 Å². The molecule has 0 bridgehead atoms. The Balaban J connectivity index is 2.18. The number of esters is 1. The van der Waals surface area contributed by atoms with E-state index in [1.165, 1.54) is 0 Å². The molecule has 1 aliphatic rings.